The Bertz CT molecular complexity index is 1020. The number of thiophene rings is 1. The predicted octanol–water partition coefficient (Wildman–Crippen LogP) is 2.35. The molecule has 0 bridgehead atoms. The molecule has 0 unspecified atom stereocenters. The van der Waals surface area contributed by atoms with E-state index in [2.05, 4.69) is 20.3 Å². The lowest BCUT2D eigenvalue weighted by atomic mass is 9.96. The van der Waals surface area contributed by atoms with Gasteiger partial charge in [0.2, 0.25) is 0 Å². The van der Waals surface area contributed by atoms with E-state index in [0.717, 1.165) is 17.7 Å². The first-order chi connectivity index (χ1) is 12.8. The maximum absolute atomic E-state index is 12.5. The third kappa shape index (κ3) is 3.27. The third-order valence-corrected chi connectivity index (χ3v) is 5.73. The number of piperidine rings is 1. The molecule has 142 valence electrons. The summed E-state index contributed by atoms with van der Waals surface area (Å²) in [6.07, 6.45) is 1.52. The van der Waals surface area contributed by atoms with E-state index in [1.54, 1.807) is 4.68 Å². The van der Waals surface area contributed by atoms with E-state index in [1.807, 2.05) is 43.2 Å². The van der Waals surface area contributed by atoms with Crippen LogP contribution >= 0.6 is 11.3 Å². The van der Waals surface area contributed by atoms with E-state index in [9.17, 15) is 9.59 Å². The molecule has 0 aliphatic carbocycles. The molecule has 1 aliphatic heterocycles. The molecule has 1 N–H and O–H groups in total. The van der Waals surface area contributed by atoms with Crippen molar-refractivity contribution in [3.63, 3.8) is 0 Å². The predicted molar refractivity (Wildman–Crippen MR) is 103 cm³/mol. The van der Waals surface area contributed by atoms with E-state index >= 15 is 0 Å². The first kappa shape index (κ1) is 17.8. The van der Waals surface area contributed by atoms with Crippen molar-refractivity contribution in [3.05, 3.63) is 38.6 Å². The average molecular weight is 386 g/mol. The number of aromatic nitrogens is 5. The largest absolute Gasteiger partial charge is 0.338 e. The number of nitrogens with zero attached hydrogens (tertiary/aromatic N) is 5. The van der Waals surface area contributed by atoms with Crippen LogP contribution in [0.1, 0.15) is 55.2 Å². The summed E-state index contributed by atoms with van der Waals surface area (Å²) >= 11 is 1.46. The number of carbonyl (C=O) groups is 1. The summed E-state index contributed by atoms with van der Waals surface area (Å²) < 4.78 is 1.76. The Morgan fingerprint density at radius 2 is 2.04 bits per heavy atom. The summed E-state index contributed by atoms with van der Waals surface area (Å²) in [5.74, 6) is 0.699. The Morgan fingerprint density at radius 1 is 1.30 bits per heavy atom. The van der Waals surface area contributed by atoms with Crippen molar-refractivity contribution in [3.8, 4) is 0 Å². The number of carbonyl (C=O) groups excluding carboxylic acids is 1. The van der Waals surface area contributed by atoms with Crippen LogP contribution in [0.2, 0.25) is 0 Å². The smallest absolute Gasteiger partial charge is 0.281 e. The normalized spacial score (nSPS) is 16.2. The van der Waals surface area contributed by atoms with Gasteiger partial charge in [0, 0.05) is 18.5 Å². The number of nitrogens with one attached hydrogen (secondary N) is 1. The highest BCUT2D eigenvalue weighted by Gasteiger charge is 2.28. The lowest BCUT2D eigenvalue weighted by Crippen LogP contribution is -2.39. The van der Waals surface area contributed by atoms with E-state index < -0.39 is 0 Å². The van der Waals surface area contributed by atoms with Gasteiger partial charge in [-0.1, -0.05) is 32.1 Å². The second-order valence-corrected chi connectivity index (χ2v) is 8.82. The van der Waals surface area contributed by atoms with Crippen LogP contribution in [-0.2, 0) is 5.41 Å². The highest BCUT2D eigenvalue weighted by Crippen LogP contribution is 2.26. The van der Waals surface area contributed by atoms with Crippen molar-refractivity contribution in [2.75, 3.05) is 13.1 Å². The number of fused-ring (bicyclic) bond motifs is 1. The van der Waals surface area contributed by atoms with Gasteiger partial charge >= 0.3 is 0 Å². The first-order valence-electron chi connectivity index (χ1n) is 9.03. The molecule has 1 fully saturated rings. The molecule has 8 nitrogen and oxygen atoms in total. The molecule has 0 atom stereocenters. The van der Waals surface area contributed by atoms with E-state index in [-0.39, 0.29) is 28.4 Å². The molecule has 4 rings (SSSR count). The summed E-state index contributed by atoms with van der Waals surface area (Å²) in [5, 5.41) is 10.2. The number of amides is 1. The molecular formula is C18H22N6O2S. The van der Waals surface area contributed by atoms with Gasteiger partial charge in [-0.25, -0.2) is 9.67 Å². The van der Waals surface area contributed by atoms with Gasteiger partial charge in [-0.2, -0.15) is 0 Å². The minimum absolute atomic E-state index is 0.0736. The molecule has 0 saturated carbocycles. The minimum atomic E-state index is -0.279. The zero-order chi connectivity index (χ0) is 19.2. The summed E-state index contributed by atoms with van der Waals surface area (Å²) in [7, 11) is 0. The molecule has 27 heavy (non-hydrogen) atoms. The summed E-state index contributed by atoms with van der Waals surface area (Å²) in [6.45, 7) is 7.30. The zero-order valence-corrected chi connectivity index (χ0v) is 16.4. The van der Waals surface area contributed by atoms with Crippen molar-refractivity contribution >= 4 is 28.4 Å². The Hall–Kier alpha value is -2.55. The number of hydrogen-bond donors (Lipinski definition) is 1. The fraction of sp³-hybridized carbons (Fsp3) is 0.500. The summed E-state index contributed by atoms with van der Waals surface area (Å²) in [6, 6.07) is 3.82. The van der Waals surface area contributed by atoms with Crippen molar-refractivity contribution in [2.24, 2.45) is 0 Å². The molecule has 0 spiro atoms. The Labute approximate surface area is 160 Å². The third-order valence-electron chi connectivity index (χ3n) is 4.87. The van der Waals surface area contributed by atoms with Crippen molar-refractivity contribution in [1.82, 2.24) is 29.9 Å². The Morgan fingerprint density at radius 3 is 2.67 bits per heavy atom. The second kappa shape index (κ2) is 6.56. The van der Waals surface area contributed by atoms with E-state index in [1.165, 1.54) is 11.3 Å². The summed E-state index contributed by atoms with van der Waals surface area (Å²) in [5.41, 5.74) is 0.243. The standard InChI is InChI=1S/C18H22N6O2S/c1-18(2,3)17-19-14-13(15(25)20-17)21-22-24(14)11-6-8-23(9-7-11)16(26)12-5-4-10-27-12/h4-5,10-11H,6-9H2,1-3H3,(H,19,20,25). The van der Waals surface area contributed by atoms with Gasteiger partial charge in [-0.05, 0) is 24.3 Å². The quantitative estimate of drug-likeness (QED) is 0.729. The van der Waals surface area contributed by atoms with Crippen molar-refractivity contribution in [2.45, 2.75) is 45.1 Å². The number of aromatic amines is 1. The number of likely N-dealkylation sites (tertiary alicyclic amines) is 1. The van der Waals surface area contributed by atoms with Crippen LogP contribution in [0.3, 0.4) is 0 Å². The Kier molecular flexibility index (Phi) is 4.33. The molecule has 0 radical (unpaired) electrons. The van der Waals surface area contributed by atoms with Gasteiger partial charge in [0.25, 0.3) is 11.5 Å². The average Bonchev–Trinajstić information content (AvgIpc) is 3.30. The van der Waals surface area contributed by atoms with Crippen molar-refractivity contribution < 1.29 is 4.79 Å². The topological polar surface area (TPSA) is 96.8 Å². The SMILES string of the molecule is CC(C)(C)c1nc2c(nnn2C2CCN(C(=O)c3cccs3)CC2)c(=O)[nH]1. The van der Waals surface area contributed by atoms with Crippen LogP contribution in [-0.4, -0.2) is 48.9 Å². The highest BCUT2D eigenvalue weighted by atomic mass is 32.1. The maximum atomic E-state index is 12.5. The van der Waals surface area contributed by atoms with Gasteiger partial charge < -0.3 is 9.88 Å². The van der Waals surface area contributed by atoms with Crippen LogP contribution in [0.4, 0.5) is 0 Å². The monoisotopic (exact) mass is 386 g/mol. The van der Waals surface area contributed by atoms with Gasteiger partial charge in [0.15, 0.2) is 11.2 Å². The van der Waals surface area contributed by atoms with Crippen LogP contribution in [0.25, 0.3) is 11.2 Å². The van der Waals surface area contributed by atoms with Gasteiger partial charge in [-0.3, -0.25) is 9.59 Å². The first-order valence-corrected chi connectivity index (χ1v) is 9.91. The number of rotatable bonds is 2. The zero-order valence-electron chi connectivity index (χ0n) is 15.6. The fourth-order valence-electron chi connectivity index (χ4n) is 3.31. The lowest BCUT2D eigenvalue weighted by molar-refractivity contribution is 0.0695. The van der Waals surface area contributed by atoms with Crippen molar-refractivity contribution in [1.29, 1.82) is 0 Å². The molecule has 1 saturated heterocycles. The molecule has 1 aliphatic rings. The lowest BCUT2D eigenvalue weighted by Gasteiger charge is -2.31. The van der Waals surface area contributed by atoms with Gasteiger partial charge in [-0.15, -0.1) is 16.4 Å². The van der Waals surface area contributed by atoms with Crippen LogP contribution in [0.5, 0.6) is 0 Å². The molecule has 0 aromatic carbocycles. The van der Waals surface area contributed by atoms with E-state index in [4.69, 9.17) is 0 Å². The Balaban J connectivity index is 1.58. The van der Waals surface area contributed by atoms with Crippen LogP contribution in [0, 0.1) is 0 Å². The van der Waals surface area contributed by atoms with E-state index in [0.29, 0.717) is 24.6 Å². The molecule has 3 aromatic rings. The van der Waals surface area contributed by atoms with Gasteiger partial charge in [0.05, 0.1) is 10.9 Å². The number of hydrogen-bond acceptors (Lipinski definition) is 6. The second-order valence-electron chi connectivity index (χ2n) is 7.87. The highest BCUT2D eigenvalue weighted by molar-refractivity contribution is 7.12. The number of H-pyrrole nitrogens is 1. The van der Waals surface area contributed by atoms with Crippen LogP contribution < -0.4 is 5.56 Å². The van der Waals surface area contributed by atoms with Gasteiger partial charge in [0.1, 0.15) is 5.82 Å². The minimum Gasteiger partial charge on any atom is -0.338 e. The molecule has 4 heterocycles. The molecule has 9 heteroatoms. The fourth-order valence-corrected chi connectivity index (χ4v) is 4.00. The van der Waals surface area contributed by atoms with Crippen LogP contribution in [0.15, 0.2) is 22.3 Å². The summed E-state index contributed by atoms with van der Waals surface area (Å²) in [4.78, 5) is 35.0. The molecular weight excluding hydrogens is 364 g/mol. The maximum Gasteiger partial charge on any atom is 0.281 e. The molecule has 1 amide bonds. The molecule has 3 aromatic heterocycles.